The molecule has 0 aromatic heterocycles. The van der Waals surface area contributed by atoms with Crippen molar-refractivity contribution in [1.29, 1.82) is 0 Å². The van der Waals surface area contributed by atoms with Gasteiger partial charge in [0, 0.05) is 28.3 Å². The number of anilines is 1. The summed E-state index contributed by atoms with van der Waals surface area (Å²) >= 11 is 1.61. The van der Waals surface area contributed by atoms with Gasteiger partial charge in [0.15, 0.2) is 7.11 Å². The summed E-state index contributed by atoms with van der Waals surface area (Å²) in [5, 5.41) is 2.90. The van der Waals surface area contributed by atoms with Crippen molar-refractivity contribution in [3.63, 3.8) is 0 Å². The summed E-state index contributed by atoms with van der Waals surface area (Å²) in [5.74, 6) is -0.195. The first-order valence-corrected chi connectivity index (χ1v) is 8.26. The van der Waals surface area contributed by atoms with Gasteiger partial charge in [-0.05, 0) is 49.4 Å². The van der Waals surface area contributed by atoms with Gasteiger partial charge < -0.3 is 5.32 Å². The van der Waals surface area contributed by atoms with Crippen LogP contribution >= 0.6 is 11.8 Å². The summed E-state index contributed by atoms with van der Waals surface area (Å²) in [7, 11) is 1.30. The van der Waals surface area contributed by atoms with Crippen molar-refractivity contribution in [1.82, 2.24) is 0 Å². The monoisotopic (exact) mass is 331 g/mol. The number of thioether (sulfide) groups is 1. The molecule has 2 rings (SSSR count). The maximum absolute atomic E-state index is 12.6. The number of carbonyl (C=O) groups excluding carboxylic acids is 1. The summed E-state index contributed by atoms with van der Waals surface area (Å²) in [6.45, 7) is 3.60. The molecule has 2 aromatic rings. The number of nitrogens with one attached hydrogen (secondary N) is 1. The molecule has 0 aliphatic carbocycles. The van der Waals surface area contributed by atoms with E-state index >= 15 is 0 Å². The zero-order chi connectivity index (χ0) is 17.0. The molecule has 0 aliphatic heterocycles. The highest BCUT2D eigenvalue weighted by Gasteiger charge is 2.21. The Balaban J connectivity index is 2.30. The molecule has 23 heavy (non-hydrogen) atoms. The molecule has 0 heterocycles. The molecule has 5 nitrogen and oxygen atoms in total. The molecule has 1 amide bonds. The Bertz CT molecular complexity index is 736. The summed E-state index contributed by atoms with van der Waals surface area (Å²) in [5.41, 5.74) is 3.11. The van der Waals surface area contributed by atoms with E-state index in [2.05, 4.69) is 10.2 Å². The molecule has 0 bridgehead atoms. The molecule has 6 heteroatoms. The Morgan fingerprint density at radius 2 is 1.83 bits per heavy atom. The molecule has 2 aromatic carbocycles. The topological polar surface area (TPSA) is 58.4 Å². The molecular weight excluding hydrogens is 312 g/mol. The highest BCUT2D eigenvalue weighted by Crippen LogP contribution is 2.24. The fourth-order valence-electron chi connectivity index (χ4n) is 2.40. The van der Waals surface area contributed by atoms with Gasteiger partial charge in [0.1, 0.15) is 0 Å². The van der Waals surface area contributed by atoms with Crippen molar-refractivity contribution in [2.24, 2.45) is 0 Å². The van der Waals surface area contributed by atoms with Crippen LogP contribution in [0.2, 0.25) is 0 Å². The minimum atomic E-state index is -0.195. The second kappa shape index (κ2) is 7.28. The second-order valence-electron chi connectivity index (χ2n) is 5.08. The Morgan fingerprint density at radius 1 is 1.17 bits per heavy atom. The molecule has 0 radical (unpaired) electrons. The number of nitrogens with zero attached hydrogens (tertiary/aromatic N) is 1. The fourth-order valence-corrected chi connectivity index (χ4v) is 2.86. The maximum Gasteiger partial charge on any atom is 0.317 e. The number of carbonyl (C=O) groups is 1. The first-order valence-electron chi connectivity index (χ1n) is 7.04. The molecule has 0 saturated heterocycles. The van der Waals surface area contributed by atoms with E-state index < -0.39 is 0 Å². The molecular formula is C17H19N2O3S+. The number of benzene rings is 2. The number of hydrogen-bond acceptors (Lipinski definition) is 4. The molecule has 0 unspecified atom stereocenters. The van der Waals surface area contributed by atoms with Crippen LogP contribution in [-0.2, 0) is 4.84 Å². The SMILES string of the molecule is CO[N+](=O)c1cc(C)c(C(=O)Nc2cccc(SC)c2)c(C)c1. The zero-order valence-electron chi connectivity index (χ0n) is 13.5. The van der Waals surface area contributed by atoms with Crippen LogP contribution < -0.4 is 5.32 Å². The highest BCUT2D eigenvalue weighted by molar-refractivity contribution is 7.98. The quantitative estimate of drug-likeness (QED) is 0.657. The number of aryl methyl sites for hydroxylation is 2. The average Bonchev–Trinajstić information content (AvgIpc) is 2.53. The average molecular weight is 331 g/mol. The van der Waals surface area contributed by atoms with Crippen molar-refractivity contribution in [2.75, 3.05) is 18.7 Å². The van der Waals surface area contributed by atoms with E-state index in [0.717, 1.165) is 21.7 Å². The van der Waals surface area contributed by atoms with Gasteiger partial charge in [0.2, 0.25) is 0 Å². The molecule has 0 saturated carbocycles. The number of rotatable bonds is 5. The van der Waals surface area contributed by atoms with Crippen molar-refractivity contribution in [3.8, 4) is 0 Å². The zero-order valence-corrected chi connectivity index (χ0v) is 14.4. The Hall–Kier alpha value is -2.34. The predicted molar refractivity (Wildman–Crippen MR) is 92.4 cm³/mol. The van der Waals surface area contributed by atoms with E-state index in [0.29, 0.717) is 16.2 Å². The largest absolute Gasteiger partial charge is 0.322 e. The summed E-state index contributed by atoms with van der Waals surface area (Å²) in [6.07, 6.45) is 1.98. The minimum Gasteiger partial charge on any atom is -0.322 e. The molecule has 0 fully saturated rings. The van der Waals surface area contributed by atoms with Crippen LogP contribution in [0.1, 0.15) is 21.5 Å². The van der Waals surface area contributed by atoms with Gasteiger partial charge in [0.05, 0.1) is 4.91 Å². The lowest BCUT2D eigenvalue weighted by molar-refractivity contribution is -0.736. The molecule has 0 spiro atoms. The van der Waals surface area contributed by atoms with Gasteiger partial charge in [-0.2, -0.15) is 0 Å². The number of hydrogen-bond donors (Lipinski definition) is 1. The molecule has 1 N–H and O–H groups in total. The minimum absolute atomic E-state index is 0.195. The standard InChI is InChI=1S/C17H18N2O3S/c1-11-8-14(19(21)22-3)9-12(2)16(11)17(20)18-13-6-5-7-15(10-13)23-4/h5-10H,1-4H3/p+1. The van der Waals surface area contributed by atoms with Crippen molar-refractivity contribution >= 4 is 29.0 Å². The van der Waals surface area contributed by atoms with Crippen LogP contribution in [0.25, 0.3) is 0 Å². The van der Waals surface area contributed by atoms with Crippen molar-refractivity contribution in [2.45, 2.75) is 18.7 Å². The van der Waals surface area contributed by atoms with E-state index in [1.807, 2.05) is 30.5 Å². The normalized spacial score (nSPS) is 10.3. The molecule has 120 valence electrons. The summed E-state index contributed by atoms with van der Waals surface area (Å²) < 4.78 is 0. The third-order valence-corrected chi connectivity index (χ3v) is 4.17. The lowest BCUT2D eigenvalue weighted by Gasteiger charge is -2.11. The third-order valence-electron chi connectivity index (χ3n) is 3.45. The van der Waals surface area contributed by atoms with Gasteiger partial charge in [0.25, 0.3) is 10.8 Å². The highest BCUT2D eigenvalue weighted by atomic mass is 32.2. The maximum atomic E-state index is 12.6. The Labute approximate surface area is 139 Å². The molecule has 0 atom stereocenters. The van der Waals surface area contributed by atoms with Gasteiger partial charge in [-0.1, -0.05) is 6.07 Å². The summed E-state index contributed by atoms with van der Waals surface area (Å²) in [4.78, 5) is 30.3. The van der Waals surface area contributed by atoms with Crippen LogP contribution in [-0.4, -0.2) is 24.2 Å². The van der Waals surface area contributed by atoms with Gasteiger partial charge >= 0.3 is 5.69 Å². The van der Waals surface area contributed by atoms with Crippen LogP contribution in [0.5, 0.6) is 0 Å². The van der Waals surface area contributed by atoms with Gasteiger partial charge in [-0.15, -0.1) is 11.8 Å². The van der Waals surface area contributed by atoms with E-state index in [1.165, 1.54) is 7.11 Å². The van der Waals surface area contributed by atoms with Crippen LogP contribution in [0, 0.1) is 18.8 Å². The lowest BCUT2D eigenvalue weighted by atomic mass is 10.0. The smallest absolute Gasteiger partial charge is 0.317 e. The first kappa shape index (κ1) is 17.0. The second-order valence-corrected chi connectivity index (χ2v) is 5.96. The van der Waals surface area contributed by atoms with Gasteiger partial charge in [-0.3, -0.25) is 4.79 Å². The lowest BCUT2D eigenvalue weighted by Crippen LogP contribution is -2.15. The van der Waals surface area contributed by atoms with Crippen molar-refractivity contribution < 1.29 is 14.6 Å². The van der Waals surface area contributed by atoms with E-state index in [9.17, 15) is 9.70 Å². The van der Waals surface area contributed by atoms with Crippen molar-refractivity contribution in [3.05, 3.63) is 58.0 Å². The fraction of sp³-hybridized carbons (Fsp3) is 0.235. The van der Waals surface area contributed by atoms with E-state index in [4.69, 9.17) is 0 Å². The number of amides is 1. The van der Waals surface area contributed by atoms with Crippen LogP contribution in [0.3, 0.4) is 0 Å². The van der Waals surface area contributed by atoms with Crippen LogP contribution in [0.15, 0.2) is 41.3 Å². The Morgan fingerprint density at radius 3 is 2.39 bits per heavy atom. The first-order chi connectivity index (χ1) is 11.0. The van der Waals surface area contributed by atoms with Crippen LogP contribution in [0.4, 0.5) is 11.4 Å². The third kappa shape index (κ3) is 3.90. The predicted octanol–water partition coefficient (Wildman–Crippen LogP) is 4.25. The molecule has 0 aliphatic rings. The Kier molecular flexibility index (Phi) is 5.39. The van der Waals surface area contributed by atoms with E-state index in [-0.39, 0.29) is 5.91 Å². The summed E-state index contributed by atoms with van der Waals surface area (Å²) in [6, 6.07) is 10.9. The van der Waals surface area contributed by atoms with Gasteiger partial charge in [-0.25, -0.2) is 4.84 Å². The van der Waals surface area contributed by atoms with E-state index in [1.54, 1.807) is 37.7 Å².